The molecule has 0 saturated carbocycles. The number of hydrogen-bond acceptors (Lipinski definition) is 3. The van der Waals surface area contributed by atoms with E-state index in [4.69, 9.17) is 0 Å². The molecule has 15 heavy (non-hydrogen) atoms. The summed E-state index contributed by atoms with van der Waals surface area (Å²) in [4.78, 5) is 24.4. The van der Waals surface area contributed by atoms with Crippen molar-refractivity contribution in [1.29, 1.82) is 0 Å². The van der Waals surface area contributed by atoms with Gasteiger partial charge in [-0.2, -0.15) is 0 Å². The molecule has 0 atom stereocenters. The highest BCUT2D eigenvalue weighted by atomic mass is 16.2. The van der Waals surface area contributed by atoms with Gasteiger partial charge in [-0.05, 0) is 0 Å². The lowest BCUT2D eigenvalue weighted by Gasteiger charge is -2.19. The number of nitrogens with one attached hydrogen (secondary N) is 2. The number of rotatable bonds is 4. The van der Waals surface area contributed by atoms with Crippen molar-refractivity contribution in [3.63, 3.8) is 0 Å². The summed E-state index contributed by atoms with van der Waals surface area (Å²) < 4.78 is 0. The Morgan fingerprint density at radius 1 is 1.60 bits per heavy atom. The normalized spacial score (nSPS) is 16.8. The van der Waals surface area contributed by atoms with Crippen molar-refractivity contribution in [1.82, 2.24) is 15.5 Å². The lowest BCUT2D eigenvalue weighted by molar-refractivity contribution is -0.130. The van der Waals surface area contributed by atoms with Crippen LogP contribution in [0.15, 0.2) is 12.7 Å². The quantitative estimate of drug-likeness (QED) is 0.468. The Balaban J connectivity index is 2.31. The number of carbonyl (C=O) groups excluding carboxylic acids is 2. The Morgan fingerprint density at radius 2 is 2.40 bits per heavy atom. The largest absolute Gasteiger partial charge is 0.354 e. The first-order chi connectivity index (χ1) is 7.24. The van der Waals surface area contributed by atoms with Gasteiger partial charge >= 0.3 is 0 Å². The third kappa shape index (κ3) is 4.12. The molecule has 5 nitrogen and oxygen atoms in total. The van der Waals surface area contributed by atoms with Gasteiger partial charge in [-0.1, -0.05) is 6.08 Å². The van der Waals surface area contributed by atoms with E-state index in [2.05, 4.69) is 17.2 Å². The summed E-state index contributed by atoms with van der Waals surface area (Å²) in [5, 5.41) is 5.68. The molecule has 0 aromatic rings. The van der Waals surface area contributed by atoms with Crippen molar-refractivity contribution in [2.24, 2.45) is 0 Å². The van der Waals surface area contributed by atoms with E-state index in [9.17, 15) is 9.59 Å². The third-order valence-electron chi connectivity index (χ3n) is 2.23. The average molecular weight is 211 g/mol. The molecule has 0 bridgehead atoms. The molecule has 0 spiro atoms. The minimum Gasteiger partial charge on any atom is -0.354 e. The summed E-state index contributed by atoms with van der Waals surface area (Å²) in [7, 11) is 0. The zero-order valence-electron chi connectivity index (χ0n) is 8.79. The molecule has 2 amide bonds. The monoisotopic (exact) mass is 211 g/mol. The van der Waals surface area contributed by atoms with Gasteiger partial charge < -0.3 is 15.5 Å². The van der Waals surface area contributed by atoms with E-state index in [0.717, 1.165) is 0 Å². The highest BCUT2D eigenvalue weighted by Crippen LogP contribution is 1.96. The molecule has 0 radical (unpaired) electrons. The highest BCUT2D eigenvalue weighted by molar-refractivity contribution is 5.81. The molecular formula is C10H17N3O2. The fourth-order valence-corrected chi connectivity index (χ4v) is 1.41. The van der Waals surface area contributed by atoms with E-state index in [1.54, 1.807) is 11.0 Å². The molecule has 1 aliphatic rings. The van der Waals surface area contributed by atoms with Gasteiger partial charge in [0.25, 0.3) is 0 Å². The van der Waals surface area contributed by atoms with Gasteiger partial charge in [0, 0.05) is 32.6 Å². The number of carbonyl (C=O) groups is 2. The van der Waals surface area contributed by atoms with Crippen molar-refractivity contribution in [2.75, 3.05) is 32.7 Å². The van der Waals surface area contributed by atoms with Crippen molar-refractivity contribution >= 4 is 11.8 Å². The Bertz CT molecular complexity index is 253. The van der Waals surface area contributed by atoms with Crippen LogP contribution < -0.4 is 10.6 Å². The Morgan fingerprint density at radius 3 is 3.13 bits per heavy atom. The Kier molecular flexibility index (Phi) is 4.83. The zero-order valence-corrected chi connectivity index (χ0v) is 8.79. The summed E-state index contributed by atoms with van der Waals surface area (Å²) in [5.74, 6) is 0.0534. The molecule has 1 aliphatic heterocycles. The molecule has 1 rings (SSSR count). The van der Waals surface area contributed by atoms with Gasteiger partial charge in [-0.15, -0.1) is 6.58 Å². The molecule has 2 N–H and O–H groups in total. The van der Waals surface area contributed by atoms with E-state index in [0.29, 0.717) is 39.1 Å². The van der Waals surface area contributed by atoms with Gasteiger partial charge in [0.1, 0.15) is 0 Å². The SMILES string of the molecule is C=CCNCC(=O)N1CCNC(=O)CC1. The van der Waals surface area contributed by atoms with Gasteiger partial charge in [-0.3, -0.25) is 9.59 Å². The van der Waals surface area contributed by atoms with E-state index in [-0.39, 0.29) is 11.8 Å². The molecule has 1 fully saturated rings. The Labute approximate surface area is 89.5 Å². The van der Waals surface area contributed by atoms with Crippen LogP contribution in [0.5, 0.6) is 0 Å². The lowest BCUT2D eigenvalue weighted by Crippen LogP contribution is -2.40. The second-order valence-corrected chi connectivity index (χ2v) is 3.40. The van der Waals surface area contributed by atoms with Crippen LogP contribution in [0, 0.1) is 0 Å². The first-order valence-electron chi connectivity index (χ1n) is 5.10. The third-order valence-corrected chi connectivity index (χ3v) is 2.23. The molecule has 84 valence electrons. The predicted molar refractivity (Wildman–Crippen MR) is 57.3 cm³/mol. The lowest BCUT2D eigenvalue weighted by atomic mass is 10.3. The van der Waals surface area contributed by atoms with Crippen LogP contribution in [-0.4, -0.2) is 49.4 Å². The van der Waals surface area contributed by atoms with Crippen LogP contribution in [0.25, 0.3) is 0 Å². The van der Waals surface area contributed by atoms with Crippen LogP contribution in [0.1, 0.15) is 6.42 Å². The van der Waals surface area contributed by atoms with E-state index in [1.807, 2.05) is 0 Å². The minimum atomic E-state index is 0.0179. The van der Waals surface area contributed by atoms with Crippen LogP contribution >= 0.6 is 0 Å². The molecule has 0 aromatic heterocycles. The first kappa shape index (κ1) is 11.7. The van der Waals surface area contributed by atoms with E-state index >= 15 is 0 Å². The number of hydrogen-bond donors (Lipinski definition) is 2. The van der Waals surface area contributed by atoms with Crippen molar-refractivity contribution in [3.8, 4) is 0 Å². The second kappa shape index (κ2) is 6.19. The molecule has 0 aliphatic carbocycles. The smallest absolute Gasteiger partial charge is 0.236 e. The van der Waals surface area contributed by atoms with Gasteiger partial charge in [-0.25, -0.2) is 0 Å². The Hall–Kier alpha value is -1.36. The molecule has 5 heteroatoms. The van der Waals surface area contributed by atoms with Crippen molar-refractivity contribution in [2.45, 2.75) is 6.42 Å². The summed E-state index contributed by atoms with van der Waals surface area (Å²) in [6.07, 6.45) is 2.11. The zero-order chi connectivity index (χ0) is 11.1. The van der Waals surface area contributed by atoms with Gasteiger partial charge in [0.05, 0.1) is 6.54 Å². The van der Waals surface area contributed by atoms with Crippen molar-refractivity contribution < 1.29 is 9.59 Å². The van der Waals surface area contributed by atoms with Crippen LogP contribution in [0.3, 0.4) is 0 Å². The second-order valence-electron chi connectivity index (χ2n) is 3.40. The van der Waals surface area contributed by atoms with E-state index in [1.165, 1.54) is 0 Å². The topological polar surface area (TPSA) is 61.4 Å². The predicted octanol–water partition coefficient (Wildman–Crippen LogP) is -0.889. The van der Waals surface area contributed by atoms with Gasteiger partial charge in [0.2, 0.25) is 11.8 Å². The highest BCUT2D eigenvalue weighted by Gasteiger charge is 2.17. The summed E-state index contributed by atoms with van der Waals surface area (Å²) in [6, 6.07) is 0. The maximum atomic E-state index is 11.6. The average Bonchev–Trinajstić information content (AvgIpc) is 2.43. The van der Waals surface area contributed by atoms with Crippen molar-refractivity contribution in [3.05, 3.63) is 12.7 Å². The van der Waals surface area contributed by atoms with Crippen LogP contribution in [0.2, 0.25) is 0 Å². The molecule has 0 unspecified atom stereocenters. The van der Waals surface area contributed by atoms with Crippen LogP contribution in [-0.2, 0) is 9.59 Å². The maximum Gasteiger partial charge on any atom is 0.236 e. The standard InChI is InChI=1S/C10H17N3O2/c1-2-4-11-8-10(15)13-6-3-9(14)12-5-7-13/h2,11H,1,3-8H2,(H,12,14). The fourth-order valence-electron chi connectivity index (χ4n) is 1.41. The fraction of sp³-hybridized carbons (Fsp3) is 0.600. The first-order valence-corrected chi connectivity index (χ1v) is 5.10. The molecule has 0 aromatic carbocycles. The molecular weight excluding hydrogens is 194 g/mol. The number of nitrogens with zero attached hydrogens (tertiary/aromatic N) is 1. The summed E-state index contributed by atoms with van der Waals surface area (Å²) >= 11 is 0. The van der Waals surface area contributed by atoms with Gasteiger partial charge in [0.15, 0.2) is 0 Å². The van der Waals surface area contributed by atoms with Crippen LogP contribution in [0.4, 0.5) is 0 Å². The molecule has 1 saturated heterocycles. The number of amides is 2. The maximum absolute atomic E-state index is 11.6. The summed E-state index contributed by atoms with van der Waals surface area (Å²) in [5.41, 5.74) is 0. The molecule has 1 heterocycles. The minimum absolute atomic E-state index is 0.0179. The summed E-state index contributed by atoms with van der Waals surface area (Å²) in [6.45, 7) is 6.14. The van der Waals surface area contributed by atoms with E-state index < -0.39 is 0 Å².